The molecule has 1 fully saturated rings. The summed E-state index contributed by atoms with van der Waals surface area (Å²) in [5.74, 6) is 2.39. The van der Waals surface area contributed by atoms with E-state index in [0.717, 1.165) is 34.5 Å². The Morgan fingerprint density at radius 1 is 1.28 bits per heavy atom. The number of thiazole rings is 1. The fourth-order valence-electron chi connectivity index (χ4n) is 3.44. The van der Waals surface area contributed by atoms with Gasteiger partial charge in [0.25, 0.3) is 0 Å². The maximum Gasteiger partial charge on any atom is 0.161 e. The van der Waals surface area contributed by atoms with Gasteiger partial charge in [-0.3, -0.25) is 4.90 Å². The Bertz CT molecular complexity index is 686. The molecule has 0 saturated carbocycles. The number of piperidine rings is 1. The monoisotopic (exact) mass is 360 g/mol. The molecule has 1 atom stereocenters. The van der Waals surface area contributed by atoms with Gasteiger partial charge in [-0.1, -0.05) is 13.3 Å². The van der Waals surface area contributed by atoms with Crippen molar-refractivity contribution in [1.82, 2.24) is 9.88 Å². The number of aromatic nitrogens is 1. The molecule has 0 amide bonds. The Kier molecular flexibility index (Phi) is 6.32. The number of hydrogen-bond acceptors (Lipinski definition) is 5. The fraction of sp³-hybridized carbons (Fsp3) is 0.550. The molecule has 25 heavy (non-hydrogen) atoms. The average Bonchev–Trinajstić information content (AvgIpc) is 3.11. The molecule has 2 aromatic rings. The predicted molar refractivity (Wildman–Crippen MR) is 104 cm³/mol. The van der Waals surface area contributed by atoms with E-state index < -0.39 is 0 Å². The van der Waals surface area contributed by atoms with Gasteiger partial charge in [0.2, 0.25) is 0 Å². The third-order valence-electron chi connectivity index (χ3n) is 4.83. The second-order valence-corrected chi connectivity index (χ2v) is 7.45. The van der Waals surface area contributed by atoms with Crippen molar-refractivity contribution in [1.29, 1.82) is 0 Å². The minimum Gasteiger partial charge on any atom is -0.493 e. The minimum atomic E-state index is 0.631. The lowest BCUT2D eigenvalue weighted by atomic mass is 9.96. The number of ether oxygens (including phenoxy) is 2. The largest absolute Gasteiger partial charge is 0.493 e. The highest BCUT2D eigenvalue weighted by molar-refractivity contribution is 7.13. The number of nitrogens with zero attached hydrogens (tertiary/aromatic N) is 2. The van der Waals surface area contributed by atoms with E-state index in [-0.39, 0.29) is 0 Å². The van der Waals surface area contributed by atoms with Crippen LogP contribution in [0.2, 0.25) is 0 Å². The van der Waals surface area contributed by atoms with Crippen LogP contribution in [0.15, 0.2) is 23.6 Å². The molecule has 2 heterocycles. The Labute approximate surface area is 154 Å². The van der Waals surface area contributed by atoms with Gasteiger partial charge in [0.1, 0.15) is 5.01 Å². The molecular formula is C20H28N2O2S. The molecule has 0 N–H and O–H groups in total. The van der Waals surface area contributed by atoms with E-state index >= 15 is 0 Å². The molecule has 1 aromatic carbocycles. The molecule has 0 aliphatic carbocycles. The minimum absolute atomic E-state index is 0.631. The van der Waals surface area contributed by atoms with Crippen LogP contribution in [-0.4, -0.2) is 36.7 Å². The molecule has 136 valence electrons. The summed E-state index contributed by atoms with van der Waals surface area (Å²) >= 11 is 1.70. The number of benzene rings is 1. The molecule has 1 aliphatic heterocycles. The zero-order valence-corrected chi connectivity index (χ0v) is 16.3. The van der Waals surface area contributed by atoms with Crippen LogP contribution < -0.4 is 9.47 Å². The van der Waals surface area contributed by atoms with E-state index in [1.54, 1.807) is 18.4 Å². The summed E-state index contributed by atoms with van der Waals surface area (Å²) in [6, 6.07) is 6.04. The van der Waals surface area contributed by atoms with Crippen LogP contribution >= 0.6 is 11.3 Å². The van der Waals surface area contributed by atoms with E-state index in [0.29, 0.717) is 6.61 Å². The lowest BCUT2D eigenvalue weighted by Gasteiger charge is -2.31. The Hall–Kier alpha value is -1.59. The van der Waals surface area contributed by atoms with Crippen molar-refractivity contribution in [2.45, 2.75) is 39.7 Å². The van der Waals surface area contributed by atoms with E-state index in [1.807, 2.05) is 19.1 Å². The van der Waals surface area contributed by atoms with Gasteiger partial charge in [-0.15, -0.1) is 11.3 Å². The third-order valence-corrected chi connectivity index (χ3v) is 5.77. The lowest BCUT2D eigenvalue weighted by molar-refractivity contribution is 0.163. The Morgan fingerprint density at radius 3 is 2.92 bits per heavy atom. The van der Waals surface area contributed by atoms with E-state index in [1.165, 1.54) is 38.0 Å². The topological polar surface area (TPSA) is 34.6 Å². The highest BCUT2D eigenvalue weighted by Crippen LogP contribution is 2.34. The second-order valence-electron chi connectivity index (χ2n) is 6.59. The van der Waals surface area contributed by atoms with Crippen LogP contribution in [0.1, 0.15) is 38.8 Å². The number of methoxy groups -OCH3 is 1. The maximum atomic E-state index is 5.60. The SMILES string of the molecule is CCOc1ccc(-c2nc(CN3CCCC(CC)C3)cs2)cc1OC. The molecule has 0 bridgehead atoms. The summed E-state index contributed by atoms with van der Waals surface area (Å²) < 4.78 is 11.1. The van der Waals surface area contributed by atoms with E-state index in [9.17, 15) is 0 Å². The van der Waals surface area contributed by atoms with Gasteiger partial charge in [-0.05, 0) is 50.4 Å². The Balaban J connectivity index is 1.70. The first-order valence-corrected chi connectivity index (χ1v) is 10.1. The molecule has 4 nitrogen and oxygen atoms in total. The van der Waals surface area contributed by atoms with Crippen molar-refractivity contribution in [3.63, 3.8) is 0 Å². The van der Waals surface area contributed by atoms with E-state index in [4.69, 9.17) is 14.5 Å². The first-order chi connectivity index (χ1) is 12.2. The smallest absolute Gasteiger partial charge is 0.161 e. The number of hydrogen-bond donors (Lipinski definition) is 0. The second kappa shape index (κ2) is 8.68. The molecule has 3 rings (SSSR count). The van der Waals surface area contributed by atoms with Crippen molar-refractivity contribution in [2.75, 3.05) is 26.8 Å². The highest BCUT2D eigenvalue weighted by Gasteiger charge is 2.19. The summed E-state index contributed by atoms with van der Waals surface area (Å²) in [6.45, 7) is 8.27. The maximum absolute atomic E-state index is 5.60. The molecule has 1 saturated heterocycles. The van der Waals surface area contributed by atoms with Gasteiger partial charge in [0, 0.05) is 24.0 Å². The summed E-state index contributed by atoms with van der Waals surface area (Å²) in [6.07, 6.45) is 3.97. The van der Waals surface area contributed by atoms with Crippen LogP contribution in [-0.2, 0) is 6.54 Å². The van der Waals surface area contributed by atoms with Crippen LogP contribution in [0.5, 0.6) is 11.5 Å². The Morgan fingerprint density at radius 2 is 2.16 bits per heavy atom. The fourth-order valence-corrected chi connectivity index (χ4v) is 4.25. The molecule has 1 aliphatic rings. The first-order valence-electron chi connectivity index (χ1n) is 9.21. The van der Waals surface area contributed by atoms with Gasteiger partial charge in [0.05, 0.1) is 19.4 Å². The van der Waals surface area contributed by atoms with Gasteiger partial charge in [0.15, 0.2) is 11.5 Å². The highest BCUT2D eigenvalue weighted by atomic mass is 32.1. The quantitative estimate of drug-likeness (QED) is 0.708. The van der Waals surface area contributed by atoms with Gasteiger partial charge in [-0.25, -0.2) is 4.98 Å². The van der Waals surface area contributed by atoms with Gasteiger partial charge >= 0.3 is 0 Å². The van der Waals surface area contributed by atoms with Crippen LogP contribution in [0, 0.1) is 5.92 Å². The predicted octanol–water partition coefficient (Wildman–Crippen LogP) is 4.84. The normalized spacial score (nSPS) is 18.3. The number of rotatable bonds is 7. The summed E-state index contributed by atoms with van der Waals surface area (Å²) in [5.41, 5.74) is 2.26. The van der Waals surface area contributed by atoms with Crippen molar-refractivity contribution < 1.29 is 9.47 Å². The summed E-state index contributed by atoms with van der Waals surface area (Å²) in [5, 5.41) is 3.23. The molecule has 0 radical (unpaired) electrons. The lowest BCUT2D eigenvalue weighted by Crippen LogP contribution is -2.34. The van der Waals surface area contributed by atoms with Crippen LogP contribution in [0.4, 0.5) is 0 Å². The first kappa shape index (κ1) is 18.2. The van der Waals surface area contributed by atoms with E-state index in [2.05, 4.69) is 23.3 Å². The molecular weight excluding hydrogens is 332 g/mol. The van der Waals surface area contributed by atoms with Crippen molar-refractivity contribution in [2.24, 2.45) is 5.92 Å². The van der Waals surface area contributed by atoms with Crippen molar-refractivity contribution >= 4 is 11.3 Å². The third kappa shape index (κ3) is 4.53. The van der Waals surface area contributed by atoms with Crippen LogP contribution in [0.3, 0.4) is 0 Å². The summed E-state index contributed by atoms with van der Waals surface area (Å²) in [7, 11) is 1.68. The molecule has 1 aromatic heterocycles. The van der Waals surface area contributed by atoms with Crippen molar-refractivity contribution in [3.8, 4) is 22.1 Å². The molecule has 1 unspecified atom stereocenters. The number of likely N-dealkylation sites (tertiary alicyclic amines) is 1. The molecule has 5 heteroatoms. The van der Waals surface area contributed by atoms with Gasteiger partial charge < -0.3 is 9.47 Å². The van der Waals surface area contributed by atoms with Gasteiger partial charge in [-0.2, -0.15) is 0 Å². The zero-order valence-electron chi connectivity index (χ0n) is 15.5. The van der Waals surface area contributed by atoms with Crippen molar-refractivity contribution in [3.05, 3.63) is 29.3 Å². The zero-order chi connectivity index (χ0) is 17.6. The molecule has 0 spiro atoms. The summed E-state index contributed by atoms with van der Waals surface area (Å²) in [4.78, 5) is 7.41. The average molecular weight is 361 g/mol. The van der Waals surface area contributed by atoms with Crippen LogP contribution in [0.25, 0.3) is 10.6 Å². The standard InChI is InChI=1S/C20H28N2O2S/c1-4-15-7-6-10-22(12-15)13-17-14-25-20(21-17)16-8-9-18(24-5-2)19(11-16)23-3/h8-9,11,14-15H,4-7,10,12-13H2,1-3H3.